The summed E-state index contributed by atoms with van der Waals surface area (Å²) in [4.78, 5) is 91.2. The van der Waals surface area contributed by atoms with Gasteiger partial charge < -0.3 is 38.2 Å². The van der Waals surface area contributed by atoms with E-state index in [9.17, 15) is 33.6 Å². The number of esters is 5. The minimum atomic E-state index is -2.25. The van der Waals surface area contributed by atoms with Gasteiger partial charge in [0.1, 0.15) is 6.61 Å². The first-order valence-electron chi connectivity index (χ1n) is 23.6. The molecule has 0 radical (unpaired) electrons. The number of hydrogen-bond donors (Lipinski definition) is 1. The number of benzene rings is 3. The Labute approximate surface area is 406 Å². The second-order valence-corrected chi connectivity index (χ2v) is 24.7. The molecule has 0 spiro atoms. The van der Waals surface area contributed by atoms with Crippen molar-refractivity contribution < 1.29 is 66.4 Å². The molecular formula is C53H69NO14Si. The number of nitrogens with one attached hydrogen (secondary N) is 1. The Balaban J connectivity index is 1.32. The van der Waals surface area contributed by atoms with Gasteiger partial charge in [0, 0.05) is 33.1 Å². The summed E-state index contributed by atoms with van der Waals surface area (Å²) in [6.07, 6.45) is -6.65. The first-order valence-corrected chi connectivity index (χ1v) is 26.5. The number of hydrogen-bond acceptors (Lipinski definition) is 14. The van der Waals surface area contributed by atoms with Crippen LogP contribution in [0.1, 0.15) is 109 Å². The van der Waals surface area contributed by atoms with E-state index in [-0.39, 0.29) is 61.6 Å². The molecule has 1 aliphatic carbocycles. The zero-order chi connectivity index (χ0) is 51.0. The van der Waals surface area contributed by atoms with Crippen LogP contribution in [0, 0.1) is 11.8 Å². The third kappa shape index (κ3) is 13.8. The van der Waals surface area contributed by atoms with Crippen LogP contribution in [0.3, 0.4) is 0 Å². The number of methoxy groups -OCH3 is 1. The fourth-order valence-electron chi connectivity index (χ4n) is 8.61. The average molecular weight is 972 g/mol. The molecule has 2 aliphatic rings. The molecule has 15 nitrogen and oxygen atoms in total. The Bertz CT molecular complexity index is 2330. The summed E-state index contributed by atoms with van der Waals surface area (Å²) in [6, 6.07) is 20.8. The molecule has 1 aliphatic heterocycles. The van der Waals surface area contributed by atoms with E-state index in [0.717, 1.165) is 54.3 Å². The van der Waals surface area contributed by atoms with Crippen molar-refractivity contribution in [3.63, 3.8) is 0 Å². The van der Waals surface area contributed by atoms with Crippen LogP contribution in [0.15, 0.2) is 66.7 Å². The van der Waals surface area contributed by atoms with E-state index in [1.165, 1.54) is 6.92 Å². The monoisotopic (exact) mass is 971 g/mol. The van der Waals surface area contributed by atoms with Crippen molar-refractivity contribution in [1.82, 2.24) is 5.32 Å². The number of rotatable bonds is 20. The number of amides is 1. The number of ketones is 1. The lowest BCUT2D eigenvalue weighted by Crippen LogP contribution is -2.63. The van der Waals surface area contributed by atoms with Crippen LogP contribution >= 0.6 is 0 Å². The molecule has 0 bridgehead atoms. The third-order valence-corrected chi connectivity index (χ3v) is 17.9. The van der Waals surface area contributed by atoms with Crippen molar-refractivity contribution in [1.29, 1.82) is 0 Å². The SMILES string of the molecule is COC(=O)[C@H]1O[C@@H](CCc2cc(CC(=O)[C@H](C)NC(=O)[C@@H](CC(=O)OCC3c4ccccc4-c4ccccc43)C(C)C)ccc2CO[Si](C)(C)C(C)(C)C)[C@H](OC(C)=O)[C@@H](OC(C)=O)[C@@H]1OC(C)=O. The summed E-state index contributed by atoms with van der Waals surface area (Å²) in [5.41, 5.74) is 6.63. The minimum absolute atomic E-state index is 0.0461. The van der Waals surface area contributed by atoms with Crippen molar-refractivity contribution >= 4 is 49.9 Å². The summed E-state index contributed by atoms with van der Waals surface area (Å²) < 4.78 is 40.3. The molecule has 1 heterocycles. The summed E-state index contributed by atoms with van der Waals surface area (Å²) in [5.74, 6) is -5.50. The van der Waals surface area contributed by atoms with Gasteiger partial charge >= 0.3 is 29.8 Å². The van der Waals surface area contributed by atoms with Crippen LogP contribution in [-0.4, -0.2) is 100 Å². The number of carbonyl (C=O) groups is 7. The fraction of sp³-hybridized carbons (Fsp3) is 0.528. The molecule has 7 atom stereocenters. The van der Waals surface area contributed by atoms with Crippen molar-refractivity contribution in [3.8, 4) is 11.1 Å². The predicted octanol–water partition coefficient (Wildman–Crippen LogP) is 7.51. The topological polar surface area (TPSA) is 196 Å². The standard InChI is InChI=1S/C53H69NO14Si/c1-30(2)42(27-46(59)63-29-43-40-19-15-13-17-38(40)39-18-14-16-20-41(39)43)51(60)54-31(3)44(58)26-35-21-22-37(28-64-69(11,12)53(7,8)9)36(25-35)23-24-45-47(65-32(4)55)48(66-33(5)56)49(67-34(6)57)50(68-45)52(61)62-10/h13-22,25,30-31,42-43,45,47-50H,23-24,26-29H2,1-12H3,(H,54,60)/t31-,42-,45-,47-,48+,49-,50-/m0/s1. The van der Waals surface area contributed by atoms with Crippen molar-refractivity contribution in [2.45, 2.75) is 155 Å². The molecule has 1 amide bonds. The fourth-order valence-corrected chi connectivity index (χ4v) is 9.56. The molecule has 1 saturated heterocycles. The van der Waals surface area contributed by atoms with E-state index < -0.39 is 86.6 Å². The highest BCUT2D eigenvalue weighted by atomic mass is 28.4. The summed E-state index contributed by atoms with van der Waals surface area (Å²) in [5, 5.41) is 2.76. The van der Waals surface area contributed by atoms with Crippen LogP contribution in [0.2, 0.25) is 18.1 Å². The smallest absolute Gasteiger partial charge is 0.339 e. The summed E-state index contributed by atoms with van der Waals surface area (Å²) >= 11 is 0. The van der Waals surface area contributed by atoms with E-state index in [4.69, 9.17) is 32.8 Å². The quantitative estimate of drug-likeness (QED) is 0.0664. The zero-order valence-corrected chi connectivity index (χ0v) is 43.0. The lowest BCUT2D eigenvalue weighted by Gasteiger charge is -2.43. The predicted molar refractivity (Wildman–Crippen MR) is 258 cm³/mol. The van der Waals surface area contributed by atoms with Crippen molar-refractivity contribution in [3.05, 3.63) is 94.5 Å². The highest BCUT2D eigenvalue weighted by Gasteiger charge is 2.54. The van der Waals surface area contributed by atoms with E-state index in [1.807, 2.05) is 68.4 Å². The van der Waals surface area contributed by atoms with E-state index in [0.29, 0.717) is 5.56 Å². The van der Waals surface area contributed by atoms with Crippen LogP contribution < -0.4 is 5.32 Å². The Morgan fingerprint density at radius 3 is 1.87 bits per heavy atom. The summed E-state index contributed by atoms with van der Waals surface area (Å²) in [6.45, 7) is 19.8. The van der Waals surface area contributed by atoms with Gasteiger partial charge in [-0.05, 0) is 82.8 Å². The second-order valence-electron chi connectivity index (χ2n) is 19.9. The lowest BCUT2D eigenvalue weighted by molar-refractivity contribution is -0.249. The molecular weight excluding hydrogens is 903 g/mol. The number of fused-ring (bicyclic) bond motifs is 3. The van der Waals surface area contributed by atoms with Gasteiger partial charge in [-0.3, -0.25) is 28.8 Å². The van der Waals surface area contributed by atoms with Crippen LogP contribution in [0.25, 0.3) is 11.1 Å². The number of Topliss-reactive ketones (excluding diaryl/α,β-unsaturated/α-hetero) is 1. The van der Waals surface area contributed by atoms with Crippen molar-refractivity contribution in [2.24, 2.45) is 11.8 Å². The highest BCUT2D eigenvalue weighted by Crippen LogP contribution is 2.45. The third-order valence-electron chi connectivity index (χ3n) is 13.5. The van der Waals surface area contributed by atoms with Gasteiger partial charge in [-0.1, -0.05) is 101 Å². The molecule has 1 fully saturated rings. The van der Waals surface area contributed by atoms with Gasteiger partial charge in [0.2, 0.25) is 5.91 Å². The largest absolute Gasteiger partial charge is 0.467 e. The molecule has 0 aromatic heterocycles. The Morgan fingerprint density at radius 2 is 1.32 bits per heavy atom. The molecule has 5 rings (SSSR count). The Hall–Kier alpha value is -5.71. The molecule has 3 aromatic carbocycles. The minimum Gasteiger partial charge on any atom is -0.467 e. The van der Waals surface area contributed by atoms with Gasteiger partial charge in [0.15, 0.2) is 38.5 Å². The molecule has 3 aromatic rings. The Kier molecular flexibility index (Phi) is 18.3. The maximum atomic E-state index is 13.9. The maximum Gasteiger partial charge on any atom is 0.339 e. The van der Waals surface area contributed by atoms with Crippen LogP contribution in [0.5, 0.6) is 0 Å². The molecule has 69 heavy (non-hydrogen) atoms. The molecule has 16 heteroatoms. The summed E-state index contributed by atoms with van der Waals surface area (Å²) in [7, 11) is -1.12. The lowest BCUT2D eigenvalue weighted by atomic mass is 9.89. The first kappa shape index (κ1) is 54.2. The highest BCUT2D eigenvalue weighted by molar-refractivity contribution is 6.74. The normalized spacial score (nSPS) is 19.9. The zero-order valence-electron chi connectivity index (χ0n) is 42.0. The van der Waals surface area contributed by atoms with Gasteiger partial charge in [0.05, 0.1) is 38.2 Å². The molecule has 1 N–H and O–H groups in total. The van der Waals surface area contributed by atoms with Gasteiger partial charge in [0.25, 0.3) is 0 Å². The second kappa shape index (κ2) is 23.3. The molecule has 0 saturated carbocycles. The number of ether oxygens (including phenoxy) is 6. The van der Waals surface area contributed by atoms with Crippen LogP contribution in [-0.2, 0) is 85.9 Å². The van der Waals surface area contributed by atoms with Gasteiger partial charge in [-0.25, -0.2) is 4.79 Å². The number of carbonyl (C=O) groups excluding carboxylic acids is 7. The van der Waals surface area contributed by atoms with Gasteiger partial charge in [-0.15, -0.1) is 0 Å². The first-order chi connectivity index (χ1) is 32.4. The average Bonchev–Trinajstić information content (AvgIpc) is 3.59. The van der Waals surface area contributed by atoms with Gasteiger partial charge in [-0.2, -0.15) is 0 Å². The van der Waals surface area contributed by atoms with Crippen molar-refractivity contribution in [2.75, 3.05) is 13.7 Å². The molecule has 374 valence electrons. The Morgan fingerprint density at radius 1 is 0.754 bits per heavy atom. The molecule has 0 unspecified atom stereocenters. The van der Waals surface area contributed by atoms with E-state index >= 15 is 0 Å². The van der Waals surface area contributed by atoms with E-state index in [1.54, 1.807) is 6.92 Å². The van der Waals surface area contributed by atoms with Crippen LogP contribution in [0.4, 0.5) is 0 Å². The van der Waals surface area contributed by atoms with E-state index in [2.05, 4.69) is 51.3 Å². The maximum absolute atomic E-state index is 13.9. The number of aryl methyl sites for hydroxylation is 1.